The van der Waals surface area contributed by atoms with E-state index in [2.05, 4.69) is 15.9 Å². The first-order valence-corrected chi connectivity index (χ1v) is 6.04. The van der Waals surface area contributed by atoms with Gasteiger partial charge in [0.25, 0.3) is 0 Å². The highest BCUT2D eigenvalue weighted by atomic mass is 79.9. The van der Waals surface area contributed by atoms with Crippen molar-refractivity contribution in [3.8, 4) is 0 Å². The maximum Gasteiger partial charge on any atom is 0.332 e. The van der Waals surface area contributed by atoms with Crippen LogP contribution in [0.5, 0.6) is 0 Å². The van der Waals surface area contributed by atoms with Gasteiger partial charge in [-0.25, -0.2) is 4.79 Å². The molecule has 1 rings (SSSR count). The summed E-state index contributed by atoms with van der Waals surface area (Å²) in [4.78, 5) is 24.3. The first kappa shape index (κ1) is 12.2. The lowest BCUT2D eigenvalue weighted by molar-refractivity contribution is -0.137. The van der Waals surface area contributed by atoms with Crippen LogP contribution in [0.2, 0.25) is 0 Å². The van der Waals surface area contributed by atoms with Gasteiger partial charge in [-0.3, -0.25) is 4.79 Å². The van der Waals surface area contributed by atoms with Gasteiger partial charge < -0.3 is 9.64 Å². The second-order valence-corrected chi connectivity index (χ2v) is 3.73. The molecule has 0 N–H and O–H groups in total. The van der Waals surface area contributed by atoms with Crippen LogP contribution in [0.3, 0.4) is 0 Å². The Kier molecular flexibility index (Phi) is 4.81. The monoisotopic (exact) mass is 275 g/mol. The van der Waals surface area contributed by atoms with E-state index in [-0.39, 0.29) is 17.2 Å². The normalized spacial score (nSPS) is 18.3. The summed E-state index contributed by atoms with van der Waals surface area (Å²) >= 11 is 3.11. The molecule has 0 radical (unpaired) electrons. The van der Waals surface area contributed by atoms with Gasteiger partial charge in [0.05, 0.1) is 11.9 Å². The van der Waals surface area contributed by atoms with E-state index in [0.29, 0.717) is 13.2 Å². The summed E-state index contributed by atoms with van der Waals surface area (Å²) in [5.74, 6) is -0.384. The molecule has 0 bridgehead atoms. The summed E-state index contributed by atoms with van der Waals surface area (Å²) in [7, 11) is 0. The number of esters is 1. The quantitative estimate of drug-likeness (QED) is 0.445. The Hall–Kier alpha value is -0.840. The van der Waals surface area contributed by atoms with Crippen LogP contribution >= 0.6 is 15.9 Å². The molecule has 0 aromatic rings. The molecule has 4 nitrogen and oxygen atoms in total. The maximum atomic E-state index is 11.4. The number of halogens is 1. The van der Waals surface area contributed by atoms with Crippen LogP contribution in [0.4, 0.5) is 0 Å². The zero-order valence-corrected chi connectivity index (χ0v) is 10.2. The van der Waals surface area contributed by atoms with Crippen molar-refractivity contribution >= 4 is 27.8 Å². The molecular formula is C10H14BrNO3. The average molecular weight is 276 g/mol. The Morgan fingerprint density at radius 1 is 1.60 bits per heavy atom. The highest BCUT2D eigenvalue weighted by Crippen LogP contribution is 2.21. The third-order valence-corrected chi connectivity index (χ3v) is 2.63. The Bertz CT molecular complexity index is 288. The number of allylic oxidation sites excluding steroid dienone is 1. The Morgan fingerprint density at radius 2 is 2.33 bits per heavy atom. The van der Waals surface area contributed by atoms with Crippen molar-refractivity contribution in [1.29, 1.82) is 0 Å². The van der Waals surface area contributed by atoms with Gasteiger partial charge in [0.2, 0.25) is 5.91 Å². The second kappa shape index (κ2) is 5.90. The highest BCUT2D eigenvalue weighted by Gasteiger charge is 2.23. The molecule has 1 saturated heterocycles. The van der Waals surface area contributed by atoms with E-state index in [1.54, 1.807) is 11.8 Å². The first-order valence-electron chi connectivity index (χ1n) is 4.92. The summed E-state index contributed by atoms with van der Waals surface area (Å²) < 4.78 is 4.80. The molecule has 1 fully saturated rings. The number of ether oxygens (including phenoxy) is 1. The maximum absolute atomic E-state index is 11.4. The third kappa shape index (κ3) is 3.34. The SMILES string of the molecule is CCOC(=O)/C=C1\CCCN1C(=O)CBr. The Balaban J connectivity index is 2.67. The van der Waals surface area contributed by atoms with Gasteiger partial charge >= 0.3 is 5.97 Å². The predicted octanol–water partition coefficient (Wildman–Crippen LogP) is 1.45. The van der Waals surface area contributed by atoms with Crippen molar-refractivity contribution in [2.75, 3.05) is 18.5 Å². The van der Waals surface area contributed by atoms with Crippen LogP contribution in [-0.4, -0.2) is 35.3 Å². The van der Waals surface area contributed by atoms with E-state index >= 15 is 0 Å². The van der Waals surface area contributed by atoms with Crippen molar-refractivity contribution < 1.29 is 14.3 Å². The molecule has 1 amide bonds. The fraction of sp³-hybridized carbons (Fsp3) is 0.600. The molecule has 0 aromatic carbocycles. The van der Waals surface area contributed by atoms with Crippen molar-refractivity contribution in [1.82, 2.24) is 4.90 Å². The number of carbonyl (C=O) groups is 2. The highest BCUT2D eigenvalue weighted by molar-refractivity contribution is 9.09. The number of carbonyl (C=O) groups excluding carboxylic acids is 2. The third-order valence-electron chi connectivity index (χ3n) is 2.15. The van der Waals surface area contributed by atoms with Gasteiger partial charge in [0.1, 0.15) is 0 Å². The van der Waals surface area contributed by atoms with E-state index in [4.69, 9.17) is 4.74 Å². The molecule has 0 saturated carbocycles. The van der Waals surface area contributed by atoms with Crippen LogP contribution in [0.1, 0.15) is 19.8 Å². The number of hydrogen-bond acceptors (Lipinski definition) is 3. The molecule has 84 valence electrons. The van der Waals surface area contributed by atoms with Crippen LogP contribution in [-0.2, 0) is 14.3 Å². The number of likely N-dealkylation sites (tertiary alicyclic amines) is 1. The summed E-state index contributed by atoms with van der Waals surface area (Å²) in [6.07, 6.45) is 3.08. The minimum Gasteiger partial charge on any atom is -0.463 e. The van der Waals surface area contributed by atoms with Crippen molar-refractivity contribution in [2.24, 2.45) is 0 Å². The lowest BCUT2D eigenvalue weighted by atomic mass is 10.3. The molecule has 1 aliphatic heterocycles. The number of hydrogen-bond donors (Lipinski definition) is 0. The van der Waals surface area contributed by atoms with Gasteiger partial charge in [-0.1, -0.05) is 15.9 Å². The largest absolute Gasteiger partial charge is 0.463 e. The van der Waals surface area contributed by atoms with E-state index in [0.717, 1.165) is 18.5 Å². The molecular weight excluding hydrogens is 262 g/mol. The smallest absolute Gasteiger partial charge is 0.332 e. The molecule has 1 heterocycles. The molecule has 0 aliphatic carbocycles. The Morgan fingerprint density at radius 3 is 2.93 bits per heavy atom. The molecule has 0 aromatic heterocycles. The summed E-state index contributed by atoms with van der Waals surface area (Å²) in [5, 5.41) is 0.285. The summed E-state index contributed by atoms with van der Waals surface area (Å²) in [5.41, 5.74) is 0.762. The fourth-order valence-corrected chi connectivity index (χ4v) is 1.83. The van der Waals surface area contributed by atoms with Crippen LogP contribution in [0.15, 0.2) is 11.8 Å². The molecule has 0 unspecified atom stereocenters. The zero-order chi connectivity index (χ0) is 11.3. The molecule has 0 spiro atoms. The van der Waals surface area contributed by atoms with Crippen LogP contribution < -0.4 is 0 Å². The molecule has 5 heteroatoms. The average Bonchev–Trinajstić information content (AvgIpc) is 2.65. The number of amides is 1. The van der Waals surface area contributed by atoms with Gasteiger partial charge in [0, 0.05) is 18.3 Å². The van der Waals surface area contributed by atoms with Crippen molar-refractivity contribution in [3.05, 3.63) is 11.8 Å². The fourth-order valence-electron chi connectivity index (χ4n) is 1.52. The van der Waals surface area contributed by atoms with Gasteiger partial charge in [-0.05, 0) is 19.8 Å². The van der Waals surface area contributed by atoms with Crippen LogP contribution in [0.25, 0.3) is 0 Å². The number of nitrogens with zero attached hydrogens (tertiary/aromatic N) is 1. The molecule has 1 aliphatic rings. The summed E-state index contributed by atoms with van der Waals surface area (Å²) in [6, 6.07) is 0. The van der Waals surface area contributed by atoms with E-state index in [1.807, 2.05) is 0 Å². The summed E-state index contributed by atoms with van der Waals surface area (Å²) in [6.45, 7) is 2.80. The van der Waals surface area contributed by atoms with Gasteiger partial charge in [-0.2, -0.15) is 0 Å². The topological polar surface area (TPSA) is 46.6 Å². The van der Waals surface area contributed by atoms with Crippen LogP contribution in [0, 0.1) is 0 Å². The van der Waals surface area contributed by atoms with E-state index < -0.39 is 0 Å². The minimum absolute atomic E-state index is 0.0111. The number of rotatable bonds is 3. The standard InChI is InChI=1S/C10H14BrNO3/c1-2-15-10(14)6-8-4-3-5-12(8)9(13)7-11/h6H,2-5,7H2,1H3/b8-6+. The van der Waals surface area contributed by atoms with Gasteiger partial charge in [-0.15, -0.1) is 0 Å². The van der Waals surface area contributed by atoms with E-state index in [9.17, 15) is 9.59 Å². The molecule has 15 heavy (non-hydrogen) atoms. The first-order chi connectivity index (χ1) is 7.19. The van der Waals surface area contributed by atoms with Gasteiger partial charge in [0.15, 0.2) is 0 Å². The lowest BCUT2D eigenvalue weighted by Gasteiger charge is -2.16. The van der Waals surface area contributed by atoms with Crippen molar-refractivity contribution in [2.45, 2.75) is 19.8 Å². The lowest BCUT2D eigenvalue weighted by Crippen LogP contribution is -2.27. The van der Waals surface area contributed by atoms with E-state index in [1.165, 1.54) is 6.08 Å². The predicted molar refractivity (Wildman–Crippen MR) is 59.5 cm³/mol. The number of alkyl halides is 1. The minimum atomic E-state index is -0.373. The molecule has 0 atom stereocenters. The Labute approximate surface area is 97.4 Å². The van der Waals surface area contributed by atoms with Crippen molar-refractivity contribution in [3.63, 3.8) is 0 Å². The zero-order valence-electron chi connectivity index (χ0n) is 8.66. The second-order valence-electron chi connectivity index (χ2n) is 3.17.